The summed E-state index contributed by atoms with van der Waals surface area (Å²) in [6.07, 6.45) is 1.74. The third-order valence-corrected chi connectivity index (χ3v) is 5.91. The number of amidine groups is 1. The van der Waals surface area contributed by atoms with Gasteiger partial charge in [-0.1, -0.05) is 35.9 Å². The van der Waals surface area contributed by atoms with Gasteiger partial charge in [0.1, 0.15) is 6.61 Å². The van der Waals surface area contributed by atoms with E-state index in [1.54, 1.807) is 60.7 Å². The lowest BCUT2D eigenvalue weighted by atomic mass is 10.1. The van der Waals surface area contributed by atoms with E-state index in [-0.39, 0.29) is 18.1 Å². The Morgan fingerprint density at radius 1 is 1.12 bits per heavy atom. The molecule has 3 aromatic rings. The summed E-state index contributed by atoms with van der Waals surface area (Å²) >= 11 is 7.13. The van der Waals surface area contributed by atoms with E-state index < -0.39 is 5.97 Å². The topological polar surface area (TPSA) is 100 Å². The summed E-state index contributed by atoms with van der Waals surface area (Å²) in [6, 6.07) is 18.6. The van der Waals surface area contributed by atoms with E-state index in [9.17, 15) is 14.7 Å². The van der Waals surface area contributed by atoms with Crippen LogP contribution in [0.1, 0.15) is 21.5 Å². The van der Waals surface area contributed by atoms with Crippen molar-refractivity contribution in [2.45, 2.75) is 6.61 Å². The number of carbonyl (C=O) groups is 2. The van der Waals surface area contributed by atoms with Gasteiger partial charge in [0.2, 0.25) is 0 Å². The van der Waals surface area contributed by atoms with Crippen LogP contribution in [0.4, 0.5) is 5.69 Å². The molecule has 0 bridgehead atoms. The van der Waals surface area contributed by atoms with E-state index in [4.69, 9.17) is 21.1 Å². The van der Waals surface area contributed by atoms with Crippen molar-refractivity contribution in [3.05, 3.63) is 93.3 Å². The standard InChI is InChI=1S/C25H19ClN2O5S/c1-32-21-12-15(5-10-20(21)33-14-16-3-2-4-17(11-16)24(30)31)13-22-23(29)28-25(34-22)27-19-8-6-18(26)7-9-19/h2-13H,14H2,1H3,(H,30,31)(H,27,28,29)/p-1/b22-13+. The Morgan fingerprint density at radius 3 is 2.65 bits per heavy atom. The highest BCUT2D eigenvalue weighted by atomic mass is 35.5. The van der Waals surface area contributed by atoms with E-state index in [2.05, 4.69) is 10.3 Å². The van der Waals surface area contributed by atoms with E-state index in [1.165, 1.54) is 31.0 Å². The first-order valence-corrected chi connectivity index (χ1v) is 11.3. The second-order valence-corrected chi connectivity index (χ2v) is 8.61. The molecule has 0 saturated carbocycles. The van der Waals surface area contributed by atoms with Gasteiger partial charge < -0.3 is 24.7 Å². The number of nitrogens with one attached hydrogen (secondary N) is 1. The number of carboxylic acid groups (broad SMARTS) is 1. The molecular weight excluding hydrogens is 476 g/mol. The van der Waals surface area contributed by atoms with Gasteiger partial charge in [0.15, 0.2) is 16.7 Å². The number of carbonyl (C=O) groups excluding carboxylic acids is 2. The van der Waals surface area contributed by atoms with Crippen molar-refractivity contribution in [1.29, 1.82) is 0 Å². The molecule has 1 N–H and O–H groups in total. The van der Waals surface area contributed by atoms with Gasteiger partial charge in [-0.25, -0.2) is 4.99 Å². The highest BCUT2D eigenvalue weighted by Crippen LogP contribution is 2.33. The quantitative estimate of drug-likeness (QED) is 0.495. The second kappa shape index (κ2) is 10.5. The number of benzene rings is 3. The molecule has 4 rings (SSSR count). The molecule has 7 nitrogen and oxygen atoms in total. The average Bonchev–Trinajstić information content (AvgIpc) is 3.18. The van der Waals surface area contributed by atoms with Crippen molar-refractivity contribution >= 4 is 52.2 Å². The van der Waals surface area contributed by atoms with Gasteiger partial charge in [-0.15, -0.1) is 0 Å². The van der Waals surface area contributed by atoms with Crippen LogP contribution in [-0.4, -0.2) is 24.2 Å². The number of halogens is 1. The molecule has 0 radical (unpaired) electrons. The van der Waals surface area contributed by atoms with Crippen molar-refractivity contribution in [3.8, 4) is 11.5 Å². The van der Waals surface area contributed by atoms with Crippen LogP contribution in [0.15, 0.2) is 76.6 Å². The molecule has 9 heteroatoms. The van der Waals surface area contributed by atoms with Crippen molar-refractivity contribution in [2.75, 3.05) is 7.11 Å². The number of carboxylic acids is 1. The predicted molar refractivity (Wildman–Crippen MR) is 130 cm³/mol. The predicted octanol–water partition coefficient (Wildman–Crippen LogP) is 4.18. The Balaban J connectivity index is 1.47. The van der Waals surface area contributed by atoms with Gasteiger partial charge in [0.05, 0.1) is 23.7 Å². The fraction of sp³-hybridized carbons (Fsp3) is 0.0800. The smallest absolute Gasteiger partial charge is 0.264 e. The summed E-state index contributed by atoms with van der Waals surface area (Å²) in [7, 11) is 1.52. The molecule has 3 aromatic carbocycles. The minimum absolute atomic E-state index is 0.0846. The number of rotatable bonds is 7. The molecule has 1 saturated heterocycles. The molecule has 1 fully saturated rings. The molecule has 1 aliphatic rings. The van der Waals surface area contributed by atoms with Gasteiger partial charge in [-0.3, -0.25) is 4.79 Å². The van der Waals surface area contributed by atoms with Crippen LogP contribution in [0.2, 0.25) is 5.02 Å². The van der Waals surface area contributed by atoms with Crippen molar-refractivity contribution in [1.82, 2.24) is 5.32 Å². The highest BCUT2D eigenvalue weighted by molar-refractivity contribution is 8.18. The van der Waals surface area contributed by atoms with Crippen LogP contribution in [0.5, 0.6) is 11.5 Å². The van der Waals surface area contributed by atoms with E-state index >= 15 is 0 Å². The minimum atomic E-state index is -1.24. The van der Waals surface area contributed by atoms with Crippen LogP contribution in [0, 0.1) is 0 Å². The summed E-state index contributed by atoms with van der Waals surface area (Å²) in [5.41, 5.74) is 2.19. The van der Waals surface area contributed by atoms with Crippen LogP contribution < -0.4 is 19.9 Å². The largest absolute Gasteiger partial charge is 0.545 e. The molecule has 0 atom stereocenters. The fourth-order valence-electron chi connectivity index (χ4n) is 3.11. The molecule has 0 aliphatic carbocycles. The molecule has 1 aliphatic heterocycles. The van der Waals surface area contributed by atoms with Crippen molar-refractivity contribution in [3.63, 3.8) is 0 Å². The summed E-state index contributed by atoms with van der Waals surface area (Å²) in [5.74, 6) is -0.530. The number of thioether (sulfide) groups is 1. The zero-order valence-electron chi connectivity index (χ0n) is 17.9. The van der Waals surface area contributed by atoms with Gasteiger partial charge in [-0.05, 0) is 77.0 Å². The number of aliphatic imine (C=N–C) groups is 1. The zero-order chi connectivity index (χ0) is 24.1. The number of hydrogen-bond donors (Lipinski definition) is 1. The normalized spacial score (nSPS) is 15.4. The van der Waals surface area contributed by atoms with E-state index in [0.717, 1.165) is 5.56 Å². The molecule has 0 unspecified atom stereocenters. The molecule has 172 valence electrons. The maximum atomic E-state index is 12.4. The average molecular weight is 494 g/mol. The lowest BCUT2D eigenvalue weighted by molar-refractivity contribution is -0.255. The summed E-state index contributed by atoms with van der Waals surface area (Å²) in [4.78, 5) is 28.3. The Kier molecular flexibility index (Phi) is 7.20. The number of aromatic carboxylic acids is 1. The van der Waals surface area contributed by atoms with E-state index in [0.29, 0.717) is 37.8 Å². The third-order valence-electron chi connectivity index (χ3n) is 4.75. The SMILES string of the molecule is COc1cc(/C=C2/SC(=Nc3ccc(Cl)cc3)NC2=O)ccc1OCc1cccc(C(=O)[O-])c1. The first-order chi connectivity index (χ1) is 16.4. The van der Waals surface area contributed by atoms with Crippen molar-refractivity contribution in [2.24, 2.45) is 4.99 Å². The maximum Gasteiger partial charge on any atom is 0.264 e. The summed E-state index contributed by atoms with van der Waals surface area (Å²) in [5, 5.41) is 14.9. The molecule has 0 aromatic heterocycles. The third kappa shape index (κ3) is 5.78. The molecule has 1 heterocycles. The number of nitrogens with zero attached hydrogens (tertiary/aromatic N) is 1. The van der Waals surface area contributed by atoms with Crippen LogP contribution in [0.25, 0.3) is 6.08 Å². The zero-order valence-corrected chi connectivity index (χ0v) is 19.5. The van der Waals surface area contributed by atoms with Gasteiger partial charge in [0.25, 0.3) is 5.91 Å². The van der Waals surface area contributed by atoms with E-state index in [1.807, 2.05) is 0 Å². The molecule has 0 spiro atoms. The summed E-state index contributed by atoms with van der Waals surface area (Å²) in [6.45, 7) is 0.153. The van der Waals surface area contributed by atoms with Crippen LogP contribution >= 0.6 is 23.4 Å². The Bertz CT molecular complexity index is 1300. The monoisotopic (exact) mass is 493 g/mol. The number of ether oxygens (including phenoxy) is 2. The Labute approximate surface area is 205 Å². The van der Waals surface area contributed by atoms with Crippen molar-refractivity contribution < 1.29 is 24.2 Å². The van der Waals surface area contributed by atoms with Crippen LogP contribution in [0.3, 0.4) is 0 Å². The maximum absolute atomic E-state index is 12.4. The van der Waals surface area contributed by atoms with Gasteiger partial charge >= 0.3 is 0 Å². The molecular formula is C25H18ClN2O5S-. The lowest BCUT2D eigenvalue weighted by Gasteiger charge is -2.12. The lowest BCUT2D eigenvalue weighted by Crippen LogP contribution is -2.22. The number of hydrogen-bond acceptors (Lipinski definition) is 7. The first kappa shape index (κ1) is 23.4. The second-order valence-electron chi connectivity index (χ2n) is 7.14. The van der Waals surface area contributed by atoms with Gasteiger partial charge in [-0.2, -0.15) is 0 Å². The minimum Gasteiger partial charge on any atom is -0.545 e. The summed E-state index contributed by atoms with van der Waals surface area (Å²) < 4.78 is 11.3. The number of amides is 1. The number of methoxy groups -OCH3 is 1. The fourth-order valence-corrected chi connectivity index (χ4v) is 4.07. The molecule has 34 heavy (non-hydrogen) atoms. The van der Waals surface area contributed by atoms with Gasteiger partial charge in [0, 0.05) is 5.02 Å². The first-order valence-electron chi connectivity index (χ1n) is 10.1. The Hall–Kier alpha value is -3.75. The van der Waals surface area contributed by atoms with Crippen LogP contribution in [-0.2, 0) is 11.4 Å². The highest BCUT2D eigenvalue weighted by Gasteiger charge is 2.24. The Morgan fingerprint density at radius 2 is 1.91 bits per heavy atom. The molecule has 1 amide bonds.